The summed E-state index contributed by atoms with van der Waals surface area (Å²) in [6.45, 7) is 0.516. The van der Waals surface area contributed by atoms with Crippen molar-refractivity contribution in [2.45, 2.75) is 19.4 Å². The van der Waals surface area contributed by atoms with E-state index in [1.807, 2.05) is 24.3 Å². The summed E-state index contributed by atoms with van der Waals surface area (Å²) >= 11 is 0. The number of nitrogens with zero attached hydrogens (tertiary/aromatic N) is 1. The smallest absolute Gasteiger partial charge is 0.220 e. The third-order valence-electron chi connectivity index (χ3n) is 2.74. The second kappa shape index (κ2) is 6.58. The Kier molecular flexibility index (Phi) is 4.55. The number of hydrogen-bond donors (Lipinski definition) is 1. The summed E-state index contributed by atoms with van der Waals surface area (Å²) in [5.41, 5.74) is 1.83. The van der Waals surface area contributed by atoms with Gasteiger partial charge in [-0.3, -0.25) is 4.79 Å². The van der Waals surface area contributed by atoms with Crippen molar-refractivity contribution in [3.05, 3.63) is 48.2 Å². The van der Waals surface area contributed by atoms with E-state index in [-0.39, 0.29) is 5.91 Å². The summed E-state index contributed by atoms with van der Waals surface area (Å²) in [6, 6.07) is 7.60. The highest BCUT2D eigenvalue weighted by atomic mass is 16.5. The third-order valence-corrected chi connectivity index (χ3v) is 2.74. The van der Waals surface area contributed by atoms with E-state index in [0.717, 1.165) is 17.0 Å². The molecule has 2 aromatic rings. The van der Waals surface area contributed by atoms with Gasteiger partial charge in [-0.05, 0) is 17.7 Å². The normalized spacial score (nSPS) is 10.2. The van der Waals surface area contributed by atoms with Crippen molar-refractivity contribution in [2.24, 2.45) is 0 Å². The Morgan fingerprint density at radius 1 is 1.37 bits per heavy atom. The second-order valence-electron chi connectivity index (χ2n) is 4.10. The van der Waals surface area contributed by atoms with Crippen LogP contribution < -0.4 is 10.1 Å². The van der Waals surface area contributed by atoms with E-state index in [9.17, 15) is 4.79 Å². The van der Waals surface area contributed by atoms with Crippen molar-refractivity contribution < 1.29 is 13.9 Å². The first kappa shape index (κ1) is 13.1. The summed E-state index contributed by atoms with van der Waals surface area (Å²) in [4.78, 5) is 15.6. The topological polar surface area (TPSA) is 64.4 Å². The molecule has 0 saturated carbocycles. The maximum absolute atomic E-state index is 11.6. The molecule has 0 saturated heterocycles. The number of carbonyl (C=O) groups excluding carboxylic acids is 1. The van der Waals surface area contributed by atoms with Gasteiger partial charge in [-0.1, -0.05) is 12.1 Å². The van der Waals surface area contributed by atoms with E-state index >= 15 is 0 Å². The van der Waals surface area contributed by atoms with Crippen molar-refractivity contribution in [2.75, 3.05) is 7.11 Å². The van der Waals surface area contributed by atoms with Gasteiger partial charge < -0.3 is 14.5 Å². The van der Waals surface area contributed by atoms with Gasteiger partial charge in [0, 0.05) is 19.4 Å². The highest BCUT2D eigenvalue weighted by Gasteiger charge is 2.04. The van der Waals surface area contributed by atoms with Crippen LogP contribution in [0.3, 0.4) is 0 Å². The molecule has 0 atom stereocenters. The monoisotopic (exact) mass is 260 g/mol. The van der Waals surface area contributed by atoms with Crippen molar-refractivity contribution in [1.82, 2.24) is 10.3 Å². The molecule has 0 unspecified atom stereocenters. The van der Waals surface area contributed by atoms with E-state index in [2.05, 4.69) is 10.3 Å². The summed E-state index contributed by atoms with van der Waals surface area (Å²) < 4.78 is 9.91. The van der Waals surface area contributed by atoms with Crippen LogP contribution in [-0.4, -0.2) is 18.0 Å². The lowest BCUT2D eigenvalue weighted by Gasteiger charge is -2.05. The van der Waals surface area contributed by atoms with Gasteiger partial charge in [0.2, 0.25) is 5.91 Å². The zero-order chi connectivity index (χ0) is 13.5. The van der Waals surface area contributed by atoms with Crippen LogP contribution in [-0.2, 0) is 17.8 Å². The van der Waals surface area contributed by atoms with Crippen LogP contribution in [0, 0.1) is 0 Å². The molecule has 2 rings (SSSR count). The maximum atomic E-state index is 11.6. The van der Waals surface area contributed by atoms with Crippen LogP contribution >= 0.6 is 0 Å². The quantitative estimate of drug-likeness (QED) is 0.862. The molecule has 0 spiro atoms. The molecule has 1 aromatic heterocycles. The molecule has 0 aliphatic rings. The average Bonchev–Trinajstić information content (AvgIpc) is 2.96. The standard InChI is InChI=1S/C14H16N2O3/c1-18-13-5-2-11(3-6-13)8-15-14(17)7-4-12-9-19-10-16-12/h2-3,5-6,9-10H,4,7-8H2,1H3,(H,15,17). The zero-order valence-electron chi connectivity index (χ0n) is 10.8. The predicted molar refractivity (Wildman–Crippen MR) is 69.7 cm³/mol. The maximum Gasteiger partial charge on any atom is 0.220 e. The van der Waals surface area contributed by atoms with Crippen molar-refractivity contribution in [3.63, 3.8) is 0 Å². The number of carbonyl (C=O) groups is 1. The van der Waals surface area contributed by atoms with Crippen LogP contribution in [0.2, 0.25) is 0 Å². The summed E-state index contributed by atoms with van der Waals surface area (Å²) in [6.07, 6.45) is 3.91. The largest absolute Gasteiger partial charge is 0.497 e. The lowest BCUT2D eigenvalue weighted by atomic mass is 10.2. The summed E-state index contributed by atoms with van der Waals surface area (Å²) in [5, 5.41) is 2.86. The van der Waals surface area contributed by atoms with Crippen molar-refractivity contribution in [1.29, 1.82) is 0 Å². The average molecular weight is 260 g/mol. The Bertz CT molecular complexity index is 506. The Labute approximate surface area is 111 Å². The number of benzene rings is 1. The van der Waals surface area contributed by atoms with E-state index in [4.69, 9.17) is 9.15 Å². The molecular formula is C14H16N2O3. The van der Waals surface area contributed by atoms with Crippen molar-refractivity contribution >= 4 is 5.91 Å². The van der Waals surface area contributed by atoms with Gasteiger partial charge in [0.1, 0.15) is 12.0 Å². The zero-order valence-corrected chi connectivity index (χ0v) is 10.8. The lowest BCUT2D eigenvalue weighted by molar-refractivity contribution is -0.121. The Morgan fingerprint density at radius 3 is 2.79 bits per heavy atom. The molecular weight excluding hydrogens is 244 g/mol. The van der Waals surface area contributed by atoms with Gasteiger partial charge in [-0.15, -0.1) is 0 Å². The third kappa shape index (κ3) is 4.13. The highest BCUT2D eigenvalue weighted by Crippen LogP contribution is 2.11. The number of oxazole rings is 1. The Balaban J connectivity index is 1.73. The summed E-state index contributed by atoms with van der Waals surface area (Å²) in [5.74, 6) is 0.805. The van der Waals surface area contributed by atoms with Crippen LogP contribution in [0.25, 0.3) is 0 Å². The molecule has 0 fully saturated rings. The number of hydrogen-bond acceptors (Lipinski definition) is 4. The second-order valence-corrected chi connectivity index (χ2v) is 4.10. The molecule has 5 nitrogen and oxygen atoms in total. The molecule has 1 amide bonds. The molecule has 1 N–H and O–H groups in total. The number of methoxy groups -OCH3 is 1. The van der Waals surface area contributed by atoms with E-state index in [1.54, 1.807) is 13.4 Å². The van der Waals surface area contributed by atoms with E-state index in [1.165, 1.54) is 6.39 Å². The van der Waals surface area contributed by atoms with Gasteiger partial charge in [-0.25, -0.2) is 4.98 Å². The lowest BCUT2D eigenvalue weighted by Crippen LogP contribution is -2.22. The molecule has 19 heavy (non-hydrogen) atoms. The fourth-order valence-corrected chi connectivity index (χ4v) is 1.64. The van der Waals surface area contributed by atoms with Gasteiger partial charge in [0.05, 0.1) is 12.8 Å². The fraction of sp³-hybridized carbons (Fsp3) is 0.286. The van der Waals surface area contributed by atoms with Crippen LogP contribution in [0.4, 0.5) is 0 Å². The van der Waals surface area contributed by atoms with Crippen LogP contribution in [0.15, 0.2) is 41.3 Å². The molecule has 0 aliphatic carbocycles. The van der Waals surface area contributed by atoms with Crippen LogP contribution in [0.1, 0.15) is 17.7 Å². The fourth-order valence-electron chi connectivity index (χ4n) is 1.64. The SMILES string of the molecule is COc1ccc(CNC(=O)CCc2cocn2)cc1. The molecule has 0 radical (unpaired) electrons. The molecule has 0 bridgehead atoms. The number of ether oxygens (including phenoxy) is 1. The van der Waals surface area contributed by atoms with Crippen molar-refractivity contribution in [3.8, 4) is 5.75 Å². The summed E-state index contributed by atoms with van der Waals surface area (Å²) in [7, 11) is 1.63. The molecule has 100 valence electrons. The number of rotatable bonds is 6. The predicted octanol–water partition coefficient (Wildman–Crippen LogP) is 1.93. The van der Waals surface area contributed by atoms with Gasteiger partial charge in [-0.2, -0.15) is 0 Å². The molecule has 1 heterocycles. The number of nitrogens with one attached hydrogen (secondary N) is 1. The van der Waals surface area contributed by atoms with Gasteiger partial charge >= 0.3 is 0 Å². The number of aromatic nitrogens is 1. The molecule has 1 aromatic carbocycles. The molecule has 0 aliphatic heterocycles. The number of amides is 1. The molecule has 5 heteroatoms. The van der Waals surface area contributed by atoms with E-state index in [0.29, 0.717) is 19.4 Å². The Morgan fingerprint density at radius 2 is 2.16 bits per heavy atom. The minimum Gasteiger partial charge on any atom is -0.497 e. The first-order chi connectivity index (χ1) is 9.28. The van der Waals surface area contributed by atoms with Crippen LogP contribution in [0.5, 0.6) is 5.75 Å². The minimum atomic E-state index is -0.00109. The number of aryl methyl sites for hydroxylation is 1. The van der Waals surface area contributed by atoms with E-state index < -0.39 is 0 Å². The highest BCUT2D eigenvalue weighted by molar-refractivity contribution is 5.76. The van der Waals surface area contributed by atoms with Gasteiger partial charge in [0.15, 0.2) is 6.39 Å². The first-order valence-corrected chi connectivity index (χ1v) is 6.04. The first-order valence-electron chi connectivity index (χ1n) is 6.04. The van der Waals surface area contributed by atoms with Gasteiger partial charge in [0.25, 0.3) is 0 Å². The minimum absolute atomic E-state index is 0.00109. The Hall–Kier alpha value is -2.30.